The first-order valence-corrected chi connectivity index (χ1v) is 7.26. The maximum Gasteiger partial charge on any atom is 0.185 e. The zero-order chi connectivity index (χ0) is 14.2. The van der Waals surface area contributed by atoms with Gasteiger partial charge in [0.1, 0.15) is 12.3 Å². The van der Waals surface area contributed by atoms with Crippen LogP contribution < -0.4 is 14.6 Å². The number of hydrogen-bond donors (Lipinski definition) is 1. The summed E-state index contributed by atoms with van der Waals surface area (Å²) < 4.78 is 5.46. The Labute approximate surface area is 121 Å². The van der Waals surface area contributed by atoms with Gasteiger partial charge in [-0.05, 0) is 31.2 Å². The van der Waals surface area contributed by atoms with Crippen molar-refractivity contribution in [2.24, 2.45) is 0 Å². The first-order chi connectivity index (χ1) is 9.78. The van der Waals surface area contributed by atoms with E-state index >= 15 is 0 Å². The van der Waals surface area contributed by atoms with Crippen molar-refractivity contribution in [3.8, 4) is 5.75 Å². The summed E-state index contributed by atoms with van der Waals surface area (Å²) in [5, 5.41) is 0. The lowest BCUT2D eigenvalue weighted by Gasteiger charge is -2.13. The Bertz CT molecular complexity index is 496. The summed E-state index contributed by atoms with van der Waals surface area (Å²) in [5.74, 6) is 0.952. The maximum absolute atomic E-state index is 5.46. The van der Waals surface area contributed by atoms with Crippen molar-refractivity contribution in [3.05, 3.63) is 59.9 Å². The lowest BCUT2D eigenvalue weighted by molar-refractivity contribution is -0.893. The van der Waals surface area contributed by atoms with Crippen molar-refractivity contribution in [1.82, 2.24) is 0 Å². The summed E-state index contributed by atoms with van der Waals surface area (Å²) in [6, 6.07) is 14.7. The predicted molar refractivity (Wildman–Crippen MR) is 79.8 cm³/mol. The molecule has 1 aromatic carbocycles. The van der Waals surface area contributed by atoms with Crippen LogP contribution in [0.5, 0.6) is 5.75 Å². The molecule has 0 amide bonds. The fraction of sp³-hybridized carbons (Fsp3) is 0.353. The Kier molecular flexibility index (Phi) is 5.56. The van der Waals surface area contributed by atoms with Crippen LogP contribution in [0.25, 0.3) is 0 Å². The zero-order valence-corrected chi connectivity index (χ0v) is 12.4. The Balaban J connectivity index is 1.80. The molecule has 0 aliphatic heterocycles. The molecule has 0 fully saturated rings. The summed E-state index contributed by atoms with van der Waals surface area (Å²) >= 11 is 0. The second kappa shape index (κ2) is 7.65. The molecule has 2 rings (SSSR count). The molecule has 3 nitrogen and oxygen atoms in total. The van der Waals surface area contributed by atoms with E-state index in [1.165, 1.54) is 16.2 Å². The minimum Gasteiger partial charge on any atom is -0.494 e. The molecule has 0 aliphatic carbocycles. The summed E-state index contributed by atoms with van der Waals surface area (Å²) in [6.45, 7) is 4.89. The van der Waals surface area contributed by atoms with E-state index < -0.39 is 0 Å². The highest BCUT2D eigenvalue weighted by Crippen LogP contribution is 2.11. The molecule has 1 atom stereocenters. The van der Waals surface area contributed by atoms with E-state index in [1.807, 2.05) is 19.2 Å². The van der Waals surface area contributed by atoms with Crippen LogP contribution in [0.4, 0.5) is 0 Å². The van der Waals surface area contributed by atoms with Gasteiger partial charge in [-0.15, -0.1) is 0 Å². The van der Waals surface area contributed by atoms with Crippen LogP contribution in [0, 0.1) is 0 Å². The van der Waals surface area contributed by atoms with Gasteiger partial charge in [-0.1, -0.05) is 6.07 Å². The molecule has 1 unspecified atom stereocenters. The van der Waals surface area contributed by atoms with Gasteiger partial charge in [0.05, 0.1) is 26.6 Å². The molecule has 0 saturated heterocycles. The zero-order valence-electron chi connectivity index (χ0n) is 12.4. The van der Waals surface area contributed by atoms with Crippen molar-refractivity contribution in [2.45, 2.75) is 19.9 Å². The number of hydrogen-bond acceptors (Lipinski definition) is 1. The van der Waals surface area contributed by atoms with Crippen LogP contribution in [-0.2, 0) is 13.0 Å². The average molecular weight is 272 g/mol. The number of benzene rings is 1. The maximum atomic E-state index is 5.46. The second-order valence-corrected chi connectivity index (χ2v) is 5.10. The minimum atomic E-state index is 0.720. The molecule has 2 aromatic rings. The smallest absolute Gasteiger partial charge is 0.185 e. The van der Waals surface area contributed by atoms with Gasteiger partial charge in [-0.2, -0.15) is 0 Å². The van der Waals surface area contributed by atoms with Crippen molar-refractivity contribution in [2.75, 3.05) is 20.2 Å². The third kappa shape index (κ3) is 4.67. The first kappa shape index (κ1) is 14.5. The third-order valence-electron chi connectivity index (χ3n) is 3.33. The lowest BCUT2D eigenvalue weighted by atomic mass is 10.2. The number of H-pyrrole nitrogens is 1. The topological polar surface area (TPSA) is 27.8 Å². The molecule has 20 heavy (non-hydrogen) atoms. The molecule has 1 aromatic heterocycles. The van der Waals surface area contributed by atoms with E-state index in [0.29, 0.717) is 0 Å². The number of pyridine rings is 1. The Morgan fingerprint density at radius 1 is 1.10 bits per heavy atom. The van der Waals surface area contributed by atoms with E-state index in [2.05, 4.69) is 48.4 Å². The van der Waals surface area contributed by atoms with Crippen LogP contribution in [0.1, 0.15) is 18.2 Å². The molecule has 1 heterocycles. The Hall–Kier alpha value is -1.87. The van der Waals surface area contributed by atoms with Gasteiger partial charge in [0, 0.05) is 17.7 Å². The monoisotopic (exact) mass is 272 g/mol. The van der Waals surface area contributed by atoms with Crippen LogP contribution in [-0.4, -0.2) is 20.2 Å². The van der Waals surface area contributed by atoms with E-state index in [4.69, 9.17) is 4.74 Å². The van der Waals surface area contributed by atoms with E-state index in [0.717, 1.165) is 31.9 Å². The molecule has 0 bridgehead atoms. The number of nitrogens with one attached hydrogen (secondary N) is 2. The lowest BCUT2D eigenvalue weighted by Crippen LogP contribution is -3.07. The summed E-state index contributed by atoms with van der Waals surface area (Å²) in [5.41, 5.74) is 2.64. The summed E-state index contributed by atoms with van der Waals surface area (Å²) in [7, 11) is 2.24. The average Bonchev–Trinajstić information content (AvgIpc) is 2.49. The fourth-order valence-corrected chi connectivity index (χ4v) is 2.24. The summed E-state index contributed by atoms with van der Waals surface area (Å²) in [6.07, 6.45) is 3.06. The molecule has 0 aliphatic rings. The number of ether oxygens (including phenoxy) is 1. The van der Waals surface area contributed by atoms with E-state index in [1.54, 1.807) is 0 Å². The molecule has 0 saturated carbocycles. The molecule has 106 valence electrons. The number of aromatic amines is 1. The highest BCUT2D eigenvalue weighted by atomic mass is 16.5. The molecular formula is C17H24N2O+2. The summed E-state index contributed by atoms with van der Waals surface area (Å²) in [4.78, 5) is 4.79. The van der Waals surface area contributed by atoms with Gasteiger partial charge in [0.2, 0.25) is 0 Å². The predicted octanol–water partition coefficient (Wildman–Crippen LogP) is 1.16. The van der Waals surface area contributed by atoms with Crippen LogP contribution in [0.15, 0.2) is 48.7 Å². The van der Waals surface area contributed by atoms with Crippen LogP contribution >= 0.6 is 0 Å². The fourth-order valence-electron chi connectivity index (χ4n) is 2.24. The Morgan fingerprint density at radius 2 is 1.90 bits per heavy atom. The number of quaternary nitrogens is 1. The largest absolute Gasteiger partial charge is 0.494 e. The second-order valence-electron chi connectivity index (χ2n) is 5.10. The van der Waals surface area contributed by atoms with Gasteiger partial charge < -0.3 is 9.64 Å². The van der Waals surface area contributed by atoms with Gasteiger partial charge in [0.15, 0.2) is 11.9 Å². The van der Waals surface area contributed by atoms with Gasteiger partial charge in [-0.3, -0.25) is 0 Å². The van der Waals surface area contributed by atoms with Crippen LogP contribution in [0.2, 0.25) is 0 Å². The van der Waals surface area contributed by atoms with Crippen molar-refractivity contribution >= 4 is 0 Å². The minimum absolute atomic E-state index is 0.720. The van der Waals surface area contributed by atoms with E-state index in [-0.39, 0.29) is 0 Å². The molecular weight excluding hydrogens is 248 g/mol. The highest BCUT2D eigenvalue weighted by Gasteiger charge is 2.07. The van der Waals surface area contributed by atoms with Crippen molar-refractivity contribution < 1.29 is 14.6 Å². The quantitative estimate of drug-likeness (QED) is 0.805. The highest BCUT2D eigenvalue weighted by molar-refractivity contribution is 5.26. The number of rotatable bonds is 7. The standard InChI is InChI=1S/C17H22N2O/c1-3-20-17-9-7-15(8-10-17)14-19(2)13-11-16-6-4-5-12-18-16/h4-10,12H,3,11,13-14H2,1-2H3/p+2. The van der Waals surface area contributed by atoms with Crippen molar-refractivity contribution in [1.29, 1.82) is 0 Å². The number of likely N-dealkylation sites (N-methyl/N-ethyl adjacent to an activating group) is 1. The van der Waals surface area contributed by atoms with Crippen molar-refractivity contribution in [3.63, 3.8) is 0 Å². The SMILES string of the molecule is CCOc1ccc(C[NH+](C)CCc2cccc[nH+]2)cc1. The molecule has 3 heteroatoms. The third-order valence-corrected chi connectivity index (χ3v) is 3.33. The normalized spacial score (nSPS) is 12.1. The molecule has 2 N–H and O–H groups in total. The van der Waals surface area contributed by atoms with Gasteiger partial charge in [0.25, 0.3) is 0 Å². The Morgan fingerprint density at radius 3 is 2.55 bits per heavy atom. The molecule has 0 radical (unpaired) electrons. The van der Waals surface area contributed by atoms with Gasteiger partial charge in [-0.25, -0.2) is 4.98 Å². The van der Waals surface area contributed by atoms with E-state index in [9.17, 15) is 0 Å². The van der Waals surface area contributed by atoms with Gasteiger partial charge >= 0.3 is 0 Å². The van der Waals surface area contributed by atoms with Crippen LogP contribution in [0.3, 0.4) is 0 Å². The first-order valence-electron chi connectivity index (χ1n) is 7.26. The number of aromatic nitrogens is 1. The molecule has 0 spiro atoms.